The number of piperidine rings is 1. The van der Waals surface area contributed by atoms with Crippen LogP contribution in [0.5, 0.6) is 0 Å². The van der Waals surface area contributed by atoms with Crippen molar-refractivity contribution in [2.24, 2.45) is 5.92 Å². The van der Waals surface area contributed by atoms with Gasteiger partial charge in [-0.05, 0) is 42.0 Å². The molecular weight excluding hydrogens is 402 g/mol. The Morgan fingerprint density at radius 1 is 1.00 bits per heavy atom. The van der Waals surface area contributed by atoms with Crippen LogP contribution >= 0.6 is 0 Å². The lowest BCUT2D eigenvalue weighted by atomic mass is 9.81. The van der Waals surface area contributed by atoms with Gasteiger partial charge in [-0.15, -0.1) is 0 Å². The molecule has 5 heteroatoms. The number of hydrogen-bond donors (Lipinski definition) is 0. The molecule has 2 bridgehead atoms. The Labute approximate surface area is 189 Å². The number of fused-ring (bicyclic) bond motifs is 5. The molecule has 2 unspecified atom stereocenters. The van der Waals surface area contributed by atoms with Crippen molar-refractivity contribution in [1.82, 2.24) is 4.90 Å². The summed E-state index contributed by atoms with van der Waals surface area (Å²) in [4.78, 5) is 27.6. The third kappa shape index (κ3) is 3.75. The lowest BCUT2D eigenvalue weighted by Crippen LogP contribution is -2.60. The molecule has 2 atom stereocenters. The topological polar surface area (TPSA) is 55.8 Å². The summed E-state index contributed by atoms with van der Waals surface area (Å²) in [7, 11) is 0. The minimum atomic E-state index is -0.295. The predicted molar refractivity (Wildman–Crippen MR) is 122 cm³/mol. The standard InChI is InChI=1S/C27H29NO4/c1-17(2)11-26(29)18-12-19-14-31-15-20(13-18)28(19)27(30)32-16-25-23-9-5-3-7-21(23)22-8-4-6-10-24(22)25/h3-10,18-20,25H,1,11-16H2,2H3. The van der Waals surface area contributed by atoms with E-state index in [2.05, 4.69) is 30.8 Å². The molecular formula is C27H29NO4. The number of hydrogen-bond acceptors (Lipinski definition) is 4. The average Bonchev–Trinajstić information content (AvgIpc) is 3.10. The van der Waals surface area contributed by atoms with Crippen molar-refractivity contribution in [1.29, 1.82) is 0 Å². The molecule has 0 N–H and O–H groups in total. The Hall–Kier alpha value is -2.92. The van der Waals surface area contributed by atoms with Crippen LogP contribution < -0.4 is 0 Å². The van der Waals surface area contributed by atoms with E-state index in [1.54, 1.807) is 0 Å². The lowest BCUT2D eigenvalue weighted by molar-refractivity contribution is -0.130. The number of rotatable bonds is 5. The van der Waals surface area contributed by atoms with Crippen molar-refractivity contribution in [3.05, 3.63) is 71.8 Å². The molecule has 0 aromatic heterocycles. The molecule has 2 fully saturated rings. The quantitative estimate of drug-likeness (QED) is 0.629. The van der Waals surface area contributed by atoms with Crippen molar-refractivity contribution >= 4 is 11.9 Å². The molecule has 1 aliphatic carbocycles. The number of allylic oxidation sites excluding steroid dienone is 1. The van der Waals surface area contributed by atoms with Crippen LogP contribution in [0.15, 0.2) is 60.7 Å². The van der Waals surface area contributed by atoms with E-state index < -0.39 is 0 Å². The van der Waals surface area contributed by atoms with Gasteiger partial charge in [-0.1, -0.05) is 60.7 Å². The van der Waals surface area contributed by atoms with Crippen LogP contribution in [0.1, 0.15) is 43.2 Å². The van der Waals surface area contributed by atoms with Crippen LogP contribution in [0.25, 0.3) is 11.1 Å². The van der Waals surface area contributed by atoms with Crippen LogP contribution in [-0.4, -0.2) is 48.7 Å². The van der Waals surface area contributed by atoms with E-state index in [9.17, 15) is 9.59 Å². The van der Waals surface area contributed by atoms with Crippen LogP contribution in [0.4, 0.5) is 4.79 Å². The molecule has 5 rings (SSSR count). The second-order valence-corrected chi connectivity index (χ2v) is 9.32. The summed E-state index contributed by atoms with van der Waals surface area (Å²) in [6.07, 6.45) is 1.38. The second-order valence-electron chi connectivity index (χ2n) is 9.32. The highest BCUT2D eigenvalue weighted by Crippen LogP contribution is 2.44. The number of benzene rings is 2. The highest BCUT2D eigenvalue weighted by atomic mass is 16.6. The van der Waals surface area contributed by atoms with Gasteiger partial charge in [0.2, 0.25) is 0 Å². The number of morpholine rings is 1. The van der Waals surface area contributed by atoms with Gasteiger partial charge in [-0.3, -0.25) is 9.69 Å². The first-order valence-corrected chi connectivity index (χ1v) is 11.4. The molecule has 5 nitrogen and oxygen atoms in total. The molecule has 2 saturated heterocycles. The van der Waals surface area contributed by atoms with Gasteiger partial charge >= 0.3 is 6.09 Å². The molecule has 32 heavy (non-hydrogen) atoms. The maximum Gasteiger partial charge on any atom is 0.410 e. The van der Waals surface area contributed by atoms with Crippen LogP contribution in [0.3, 0.4) is 0 Å². The highest BCUT2D eigenvalue weighted by molar-refractivity contribution is 5.84. The van der Waals surface area contributed by atoms with Gasteiger partial charge < -0.3 is 9.47 Å². The largest absolute Gasteiger partial charge is 0.448 e. The molecule has 0 saturated carbocycles. The number of amides is 1. The maximum absolute atomic E-state index is 13.2. The van der Waals surface area contributed by atoms with Gasteiger partial charge in [0.25, 0.3) is 0 Å². The molecule has 2 aromatic carbocycles. The van der Waals surface area contributed by atoms with Gasteiger partial charge in [-0.25, -0.2) is 4.79 Å². The van der Waals surface area contributed by atoms with Gasteiger partial charge in [0.1, 0.15) is 12.4 Å². The van der Waals surface area contributed by atoms with E-state index in [1.165, 1.54) is 22.3 Å². The zero-order chi connectivity index (χ0) is 22.2. The third-order valence-electron chi connectivity index (χ3n) is 7.00. The summed E-state index contributed by atoms with van der Waals surface area (Å²) in [5, 5.41) is 0. The first-order chi connectivity index (χ1) is 15.5. The fourth-order valence-corrected chi connectivity index (χ4v) is 5.59. The Morgan fingerprint density at radius 3 is 2.12 bits per heavy atom. The van der Waals surface area contributed by atoms with E-state index in [0.717, 1.165) is 5.57 Å². The molecule has 2 aromatic rings. The second kappa shape index (κ2) is 8.55. The van der Waals surface area contributed by atoms with E-state index >= 15 is 0 Å². The Bertz CT molecular complexity index is 1000. The van der Waals surface area contributed by atoms with Crippen molar-refractivity contribution in [3.8, 4) is 11.1 Å². The van der Waals surface area contributed by atoms with Crippen LogP contribution in [0.2, 0.25) is 0 Å². The van der Waals surface area contributed by atoms with E-state index in [1.807, 2.05) is 36.1 Å². The molecule has 166 valence electrons. The minimum absolute atomic E-state index is 0.0387. The zero-order valence-corrected chi connectivity index (χ0v) is 18.5. The van der Waals surface area contributed by atoms with Gasteiger partial charge in [-0.2, -0.15) is 0 Å². The zero-order valence-electron chi connectivity index (χ0n) is 18.5. The number of carbonyl (C=O) groups is 2. The summed E-state index contributed by atoms with van der Waals surface area (Å²) in [6.45, 7) is 6.97. The van der Waals surface area contributed by atoms with Crippen LogP contribution in [0, 0.1) is 5.92 Å². The van der Waals surface area contributed by atoms with Crippen molar-refractivity contribution in [2.75, 3.05) is 19.8 Å². The monoisotopic (exact) mass is 431 g/mol. The SMILES string of the molecule is C=C(C)CC(=O)C1CC2COCC(C1)N2C(=O)OCC1c2ccccc2-c2ccccc21. The summed E-state index contributed by atoms with van der Waals surface area (Å²) in [5.41, 5.74) is 5.72. The first kappa shape index (κ1) is 21.0. The Morgan fingerprint density at radius 2 is 1.56 bits per heavy atom. The smallest absolute Gasteiger partial charge is 0.410 e. The number of ether oxygens (including phenoxy) is 2. The number of carbonyl (C=O) groups excluding carboxylic acids is 2. The molecule has 3 aliphatic rings. The Balaban J connectivity index is 1.29. The first-order valence-electron chi connectivity index (χ1n) is 11.4. The predicted octanol–water partition coefficient (Wildman–Crippen LogP) is 4.95. The van der Waals surface area contributed by atoms with Crippen molar-refractivity contribution in [3.63, 3.8) is 0 Å². The van der Waals surface area contributed by atoms with Gasteiger partial charge in [0.05, 0.1) is 25.3 Å². The normalized spacial score (nSPS) is 23.9. The van der Waals surface area contributed by atoms with Gasteiger partial charge in [0.15, 0.2) is 0 Å². The van der Waals surface area contributed by atoms with E-state index in [-0.39, 0.29) is 35.8 Å². The highest BCUT2D eigenvalue weighted by Gasteiger charge is 2.44. The molecule has 0 radical (unpaired) electrons. The molecule has 1 amide bonds. The fraction of sp³-hybridized carbons (Fsp3) is 0.407. The third-order valence-corrected chi connectivity index (χ3v) is 7.00. The van der Waals surface area contributed by atoms with Gasteiger partial charge in [0, 0.05) is 18.3 Å². The summed E-state index contributed by atoms with van der Waals surface area (Å²) in [6, 6.07) is 16.4. The molecule has 2 heterocycles. The number of ketones is 1. The van der Waals surface area contributed by atoms with Crippen LogP contribution in [-0.2, 0) is 14.3 Å². The van der Waals surface area contributed by atoms with Crippen molar-refractivity contribution < 1.29 is 19.1 Å². The van der Waals surface area contributed by atoms with E-state index in [4.69, 9.17) is 9.47 Å². The minimum Gasteiger partial charge on any atom is -0.448 e. The number of nitrogens with zero attached hydrogens (tertiary/aromatic N) is 1. The summed E-state index contributed by atoms with van der Waals surface area (Å²) < 4.78 is 11.6. The maximum atomic E-state index is 13.2. The van der Waals surface area contributed by atoms with E-state index in [0.29, 0.717) is 39.1 Å². The molecule has 0 spiro atoms. The summed E-state index contributed by atoms with van der Waals surface area (Å²) >= 11 is 0. The fourth-order valence-electron chi connectivity index (χ4n) is 5.59. The summed E-state index contributed by atoms with van der Waals surface area (Å²) in [5.74, 6) is 0.224. The average molecular weight is 432 g/mol. The lowest BCUT2D eigenvalue weighted by Gasteiger charge is -2.47. The number of Topliss-reactive ketones (excluding diaryl/α,β-unsaturated/α-hetero) is 1. The Kier molecular flexibility index (Phi) is 5.60. The van der Waals surface area contributed by atoms with Crippen molar-refractivity contribution in [2.45, 2.75) is 44.2 Å². The molecule has 2 aliphatic heterocycles.